The predicted octanol–water partition coefficient (Wildman–Crippen LogP) is 6.66. The summed E-state index contributed by atoms with van der Waals surface area (Å²) >= 11 is 0. The summed E-state index contributed by atoms with van der Waals surface area (Å²) in [4.78, 5) is 26.4. The molecule has 0 saturated heterocycles. The summed E-state index contributed by atoms with van der Waals surface area (Å²) in [5, 5.41) is 5.92. The van der Waals surface area contributed by atoms with Gasteiger partial charge in [0.15, 0.2) is 0 Å². The third-order valence-corrected chi connectivity index (χ3v) is 7.97. The molecule has 286 valence electrons. The largest absolute Gasteiger partial charge is 0.491 e. The summed E-state index contributed by atoms with van der Waals surface area (Å²) in [7, 11) is 0. The second-order valence-corrected chi connectivity index (χ2v) is 12.4. The summed E-state index contributed by atoms with van der Waals surface area (Å²) < 4.78 is 45.9. The van der Waals surface area contributed by atoms with Crippen molar-refractivity contribution in [2.24, 2.45) is 0 Å². The van der Waals surface area contributed by atoms with E-state index in [4.69, 9.17) is 37.9 Å². The van der Waals surface area contributed by atoms with E-state index < -0.39 is 0 Å². The highest BCUT2D eigenvalue weighted by Crippen LogP contribution is 2.29. The minimum atomic E-state index is -0.293. The van der Waals surface area contributed by atoms with E-state index in [1.165, 1.54) is 0 Å². The SMILES string of the molecule is C=C1COc2ccc(C)cc2NC(=O)c2ccc(cc2)OCCOCCOCCOCCOCCOc2ccc(cc2)C(=O)Nc2cc(C)ccc2OC1. The molecule has 4 aromatic rings. The van der Waals surface area contributed by atoms with Gasteiger partial charge in [-0.25, -0.2) is 0 Å². The van der Waals surface area contributed by atoms with Crippen molar-refractivity contribution in [3.63, 3.8) is 0 Å². The summed E-state index contributed by atoms with van der Waals surface area (Å²) in [6, 6.07) is 24.9. The Bertz CT molecular complexity index is 1680. The summed E-state index contributed by atoms with van der Waals surface area (Å²) in [6.45, 7) is 12.4. The standard InChI is InChI=1S/C42H48N2O10/c1-30-4-14-39-37(26-30)43-41(45)33-6-10-35(11-7-33)51-24-22-49-20-18-47-16-17-48-19-21-50-23-25-52-36-12-8-34(9-13-36)42(46)44-38-27-31(2)5-15-40(38)54-29-32(3)28-53-39/h4-15,26-27H,3,16-25,28-29H2,1-2H3,(H,43,45)(H,44,46). The van der Waals surface area contributed by atoms with E-state index in [0.29, 0.717) is 117 Å². The molecule has 12 heteroatoms. The summed E-state index contributed by atoms with van der Waals surface area (Å²) in [5.74, 6) is 1.63. The van der Waals surface area contributed by atoms with Gasteiger partial charge in [0.2, 0.25) is 0 Å². The minimum absolute atomic E-state index is 0.136. The fourth-order valence-corrected chi connectivity index (χ4v) is 5.13. The Labute approximate surface area is 316 Å². The molecule has 12 nitrogen and oxygen atoms in total. The molecule has 2 N–H and O–H groups in total. The van der Waals surface area contributed by atoms with Crippen molar-refractivity contribution in [1.82, 2.24) is 0 Å². The molecule has 54 heavy (non-hydrogen) atoms. The second-order valence-electron chi connectivity index (χ2n) is 12.4. The van der Waals surface area contributed by atoms with E-state index in [1.807, 2.05) is 38.1 Å². The molecule has 0 atom stereocenters. The van der Waals surface area contributed by atoms with E-state index in [0.717, 1.165) is 11.1 Å². The number of hydrogen-bond donors (Lipinski definition) is 2. The molecule has 4 aliphatic heterocycles. The van der Waals surface area contributed by atoms with Crippen molar-refractivity contribution in [3.8, 4) is 23.0 Å². The van der Waals surface area contributed by atoms with Gasteiger partial charge in [-0.1, -0.05) is 18.7 Å². The number of carbonyl (C=O) groups is 2. The zero-order valence-corrected chi connectivity index (χ0v) is 30.9. The molecule has 0 spiro atoms. The molecule has 0 unspecified atom stereocenters. The molecule has 2 amide bonds. The van der Waals surface area contributed by atoms with E-state index in [2.05, 4.69) is 17.2 Å². The van der Waals surface area contributed by atoms with Gasteiger partial charge in [0.1, 0.15) is 49.4 Å². The van der Waals surface area contributed by atoms with E-state index in [-0.39, 0.29) is 25.0 Å². The van der Waals surface area contributed by atoms with Crippen LogP contribution in [0.25, 0.3) is 0 Å². The average Bonchev–Trinajstić information content (AvgIpc) is 3.17. The monoisotopic (exact) mass is 740 g/mol. The van der Waals surface area contributed by atoms with Crippen LogP contribution in [0.2, 0.25) is 0 Å². The van der Waals surface area contributed by atoms with Crippen LogP contribution >= 0.6 is 0 Å². The number of ether oxygens (including phenoxy) is 8. The van der Waals surface area contributed by atoms with Crippen molar-refractivity contribution in [1.29, 1.82) is 0 Å². The predicted molar refractivity (Wildman–Crippen MR) is 206 cm³/mol. The first-order chi connectivity index (χ1) is 26.3. The van der Waals surface area contributed by atoms with Crippen LogP contribution < -0.4 is 29.6 Å². The summed E-state index contributed by atoms with van der Waals surface area (Å²) in [6.07, 6.45) is 0. The van der Waals surface area contributed by atoms with Crippen LogP contribution in [0.3, 0.4) is 0 Å². The molecule has 0 saturated carbocycles. The van der Waals surface area contributed by atoms with Gasteiger partial charge in [-0.15, -0.1) is 0 Å². The fraction of sp³-hybridized carbons (Fsp3) is 0.333. The van der Waals surface area contributed by atoms with E-state index >= 15 is 0 Å². The number of nitrogens with one attached hydrogen (secondary N) is 2. The van der Waals surface area contributed by atoms with Crippen LogP contribution in [0.5, 0.6) is 23.0 Å². The third-order valence-electron chi connectivity index (χ3n) is 7.97. The van der Waals surface area contributed by atoms with Gasteiger partial charge in [-0.2, -0.15) is 0 Å². The van der Waals surface area contributed by atoms with Crippen LogP contribution in [-0.4, -0.2) is 91.1 Å². The van der Waals surface area contributed by atoms with Crippen molar-refractivity contribution in [2.45, 2.75) is 13.8 Å². The van der Waals surface area contributed by atoms with Gasteiger partial charge in [0, 0.05) is 11.1 Å². The van der Waals surface area contributed by atoms with Gasteiger partial charge in [-0.3, -0.25) is 9.59 Å². The lowest BCUT2D eigenvalue weighted by atomic mass is 10.1. The molecule has 0 radical (unpaired) electrons. The number of hydrogen-bond acceptors (Lipinski definition) is 10. The lowest BCUT2D eigenvalue weighted by Crippen LogP contribution is -2.15. The van der Waals surface area contributed by atoms with Gasteiger partial charge >= 0.3 is 0 Å². The number of benzene rings is 4. The Balaban J connectivity index is 1.21. The van der Waals surface area contributed by atoms with Crippen LogP contribution in [0.1, 0.15) is 31.8 Å². The Kier molecular flexibility index (Phi) is 15.7. The van der Waals surface area contributed by atoms with Crippen molar-refractivity contribution >= 4 is 23.2 Å². The van der Waals surface area contributed by atoms with Gasteiger partial charge in [-0.05, 0) is 103 Å². The quantitative estimate of drug-likeness (QED) is 0.189. The normalized spacial score (nSPS) is 16.5. The van der Waals surface area contributed by atoms with Gasteiger partial charge in [0.25, 0.3) is 11.8 Å². The van der Waals surface area contributed by atoms with E-state index in [9.17, 15) is 9.59 Å². The Morgan fingerprint density at radius 3 is 1.19 bits per heavy atom. The van der Waals surface area contributed by atoms with Crippen molar-refractivity contribution in [3.05, 3.63) is 119 Å². The lowest BCUT2D eigenvalue weighted by Gasteiger charge is -2.16. The number of aryl methyl sites for hydroxylation is 2. The maximum absolute atomic E-state index is 13.2. The minimum Gasteiger partial charge on any atom is -0.491 e. The van der Waals surface area contributed by atoms with Crippen molar-refractivity contribution in [2.75, 3.05) is 89.9 Å². The first-order valence-corrected chi connectivity index (χ1v) is 17.9. The topological polar surface area (TPSA) is 132 Å². The molecule has 0 aromatic heterocycles. The van der Waals surface area contributed by atoms with Gasteiger partial charge < -0.3 is 48.5 Å². The van der Waals surface area contributed by atoms with Gasteiger partial charge in [0.05, 0.1) is 64.2 Å². The number of carbonyl (C=O) groups excluding carboxylic acids is 2. The van der Waals surface area contributed by atoms with Crippen molar-refractivity contribution < 1.29 is 47.5 Å². The molecular weight excluding hydrogens is 692 g/mol. The first-order valence-electron chi connectivity index (χ1n) is 17.9. The molecule has 0 aliphatic carbocycles. The van der Waals surface area contributed by atoms with Crippen LogP contribution in [0.4, 0.5) is 11.4 Å². The third kappa shape index (κ3) is 13.2. The van der Waals surface area contributed by atoms with Crippen LogP contribution in [0, 0.1) is 13.8 Å². The Morgan fingerprint density at radius 1 is 0.463 bits per heavy atom. The molecule has 4 heterocycles. The first kappa shape index (κ1) is 39.8. The highest BCUT2D eigenvalue weighted by molar-refractivity contribution is 6.05. The zero-order valence-electron chi connectivity index (χ0n) is 30.9. The maximum atomic E-state index is 13.2. The second kappa shape index (κ2) is 21.3. The number of anilines is 2. The number of amides is 2. The molecule has 4 bridgehead atoms. The molecule has 4 aromatic carbocycles. The fourth-order valence-electron chi connectivity index (χ4n) is 5.13. The van der Waals surface area contributed by atoms with Crippen LogP contribution in [0.15, 0.2) is 97.1 Å². The highest BCUT2D eigenvalue weighted by atomic mass is 16.6. The average molecular weight is 741 g/mol. The molecular formula is C42H48N2O10. The smallest absolute Gasteiger partial charge is 0.255 e. The molecule has 8 rings (SSSR count). The highest BCUT2D eigenvalue weighted by Gasteiger charge is 2.14. The van der Waals surface area contributed by atoms with E-state index in [1.54, 1.807) is 60.7 Å². The zero-order chi connectivity index (χ0) is 38.0. The molecule has 0 fully saturated rings. The molecule has 4 aliphatic rings. The Morgan fingerprint density at radius 2 is 0.815 bits per heavy atom. The maximum Gasteiger partial charge on any atom is 0.255 e. The Hall–Kier alpha value is -5.40. The summed E-state index contributed by atoms with van der Waals surface area (Å²) in [5.41, 5.74) is 4.53. The van der Waals surface area contributed by atoms with Crippen LogP contribution in [-0.2, 0) is 18.9 Å². The number of rotatable bonds is 0. The lowest BCUT2D eigenvalue weighted by molar-refractivity contribution is -0.00699.